The number of hydrogen-bond donors (Lipinski definition) is 2. The van der Waals surface area contributed by atoms with E-state index in [1.807, 2.05) is 42.5 Å². The van der Waals surface area contributed by atoms with Gasteiger partial charge in [-0.15, -0.1) is 0 Å². The van der Waals surface area contributed by atoms with Crippen LogP contribution in [0.1, 0.15) is 11.1 Å². The monoisotopic (exact) mass is 262 g/mol. The molecule has 0 saturated carbocycles. The number of benzene rings is 2. The van der Waals surface area contributed by atoms with Crippen molar-refractivity contribution in [2.45, 2.75) is 0 Å². The van der Waals surface area contributed by atoms with Crippen molar-refractivity contribution in [3.8, 4) is 11.1 Å². The Morgan fingerprint density at radius 2 is 1.50 bits per heavy atom. The second-order valence-electron chi connectivity index (χ2n) is 4.56. The maximum Gasteiger partial charge on any atom is 0.114 e. The Hall–Kier alpha value is -2.81. The second-order valence-corrected chi connectivity index (χ2v) is 4.56. The van der Waals surface area contributed by atoms with Gasteiger partial charge in [-0.1, -0.05) is 54.6 Å². The Kier molecular flexibility index (Phi) is 3.09. The van der Waals surface area contributed by atoms with Gasteiger partial charge in [-0.25, -0.2) is 0 Å². The predicted molar refractivity (Wildman–Crippen MR) is 80.9 cm³/mol. The van der Waals surface area contributed by atoms with Gasteiger partial charge in [0.25, 0.3) is 0 Å². The van der Waals surface area contributed by atoms with E-state index in [1.165, 1.54) is 12.5 Å². The molecular weight excluding hydrogens is 248 g/mol. The zero-order valence-electron chi connectivity index (χ0n) is 10.8. The molecular formula is C17H14N2O. The van der Waals surface area contributed by atoms with Gasteiger partial charge in [0, 0.05) is 5.56 Å². The third kappa shape index (κ3) is 2.21. The smallest absolute Gasteiger partial charge is 0.114 e. The summed E-state index contributed by atoms with van der Waals surface area (Å²) < 4.78 is 5.02. The van der Waals surface area contributed by atoms with Gasteiger partial charge in [0.15, 0.2) is 0 Å². The Labute approximate surface area is 117 Å². The molecule has 0 saturated heterocycles. The van der Waals surface area contributed by atoms with Crippen LogP contribution in [0, 0.1) is 5.41 Å². The van der Waals surface area contributed by atoms with Gasteiger partial charge in [-0.3, -0.25) is 5.41 Å². The van der Waals surface area contributed by atoms with Crippen LogP contribution in [-0.2, 0) is 0 Å². The highest BCUT2D eigenvalue weighted by molar-refractivity contribution is 6.13. The lowest BCUT2D eigenvalue weighted by molar-refractivity contribution is 0.568. The molecule has 2 aromatic carbocycles. The first-order valence-corrected chi connectivity index (χ1v) is 6.32. The highest BCUT2D eigenvalue weighted by Gasteiger charge is 2.10. The fourth-order valence-electron chi connectivity index (χ4n) is 2.13. The molecule has 0 spiro atoms. The molecule has 1 aromatic heterocycles. The van der Waals surface area contributed by atoms with Crippen molar-refractivity contribution in [1.29, 1.82) is 5.41 Å². The minimum absolute atomic E-state index is 0.371. The topological polar surface area (TPSA) is 63.0 Å². The first-order chi connectivity index (χ1) is 9.75. The fraction of sp³-hybridized carbons (Fsp3) is 0. The van der Waals surface area contributed by atoms with Crippen LogP contribution in [0.25, 0.3) is 11.1 Å². The molecule has 0 amide bonds. The molecule has 0 aliphatic heterocycles. The standard InChI is InChI=1S/C17H14N2O/c18-16-11-20-10-15(16)17(19)14-8-6-13(7-9-14)12-4-2-1-3-5-12/h1-11,19H,18H2. The normalized spacial score (nSPS) is 10.4. The fourth-order valence-corrected chi connectivity index (χ4v) is 2.13. The molecule has 0 radical (unpaired) electrons. The molecule has 0 unspecified atom stereocenters. The van der Waals surface area contributed by atoms with Crippen molar-refractivity contribution in [3.05, 3.63) is 78.3 Å². The number of furan rings is 1. The summed E-state index contributed by atoms with van der Waals surface area (Å²) >= 11 is 0. The van der Waals surface area contributed by atoms with Crippen LogP contribution in [0.3, 0.4) is 0 Å². The van der Waals surface area contributed by atoms with E-state index >= 15 is 0 Å². The van der Waals surface area contributed by atoms with Crippen LogP contribution in [-0.4, -0.2) is 5.71 Å². The zero-order chi connectivity index (χ0) is 13.9. The molecule has 0 aliphatic carbocycles. The van der Waals surface area contributed by atoms with Crippen LogP contribution in [0.2, 0.25) is 0 Å². The van der Waals surface area contributed by atoms with Crippen molar-refractivity contribution in [2.24, 2.45) is 0 Å². The molecule has 1 heterocycles. The Bertz CT molecular complexity index is 727. The van der Waals surface area contributed by atoms with Crippen LogP contribution in [0.4, 0.5) is 5.69 Å². The quantitative estimate of drug-likeness (QED) is 0.702. The summed E-state index contributed by atoms with van der Waals surface area (Å²) in [6.45, 7) is 0. The Balaban J connectivity index is 1.91. The average molecular weight is 262 g/mol. The van der Waals surface area contributed by atoms with E-state index in [0.717, 1.165) is 16.7 Å². The van der Waals surface area contributed by atoms with Crippen LogP contribution >= 0.6 is 0 Å². The van der Waals surface area contributed by atoms with E-state index in [0.29, 0.717) is 17.0 Å². The average Bonchev–Trinajstić information content (AvgIpc) is 2.94. The third-order valence-corrected chi connectivity index (χ3v) is 3.24. The minimum Gasteiger partial charge on any atom is -0.470 e. The summed E-state index contributed by atoms with van der Waals surface area (Å²) in [5.74, 6) is 0. The lowest BCUT2D eigenvalue weighted by Gasteiger charge is -2.05. The van der Waals surface area contributed by atoms with Crippen molar-refractivity contribution in [2.75, 3.05) is 5.73 Å². The number of hydrogen-bond acceptors (Lipinski definition) is 3. The highest BCUT2D eigenvalue weighted by Crippen LogP contribution is 2.22. The van der Waals surface area contributed by atoms with E-state index in [4.69, 9.17) is 15.6 Å². The molecule has 20 heavy (non-hydrogen) atoms. The Morgan fingerprint density at radius 3 is 2.10 bits per heavy atom. The summed E-state index contributed by atoms with van der Waals surface area (Å²) in [7, 11) is 0. The molecule has 3 nitrogen and oxygen atoms in total. The number of nitrogens with one attached hydrogen (secondary N) is 1. The van der Waals surface area contributed by atoms with Crippen molar-refractivity contribution < 1.29 is 4.42 Å². The maximum atomic E-state index is 8.16. The summed E-state index contributed by atoms with van der Waals surface area (Å²) in [5.41, 5.74) is 10.4. The van der Waals surface area contributed by atoms with E-state index in [2.05, 4.69) is 12.1 Å². The molecule has 3 heteroatoms. The summed E-state index contributed by atoms with van der Waals surface area (Å²) in [4.78, 5) is 0. The molecule has 0 atom stereocenters. The molecule has 3 N–H and O–H groups in total. The van der Waals surface area contributed by atoms with Crippen LogP contribution < -0.4 is 5.73 Å². The first kappa shape index (κ1) is 12.2. The van der Waals surface area contributed by atoms with Gasteiger partial charge in [-0.05, 0) is 11.1 Å². The number of rotatable bonds is 3. The van der Waals surface area contributed by atoms with Gasteiger partial charge >= 0.3 is 0 Å². The number of nitrogens with two attached hydrogens (primary N) is 1. The zero-order valence-corrected chi connectivity index (χ0v) is 10.8. The van der Waals surface area contributed by atoms with Gasteiger partial charge in [-0.2, -0.15) is 0 Å². The second kappa shape index (κ2) is 5.05. The minimum atomic E-state index is 0.371. The molecule has 0 aliphatic rings. The lowest BCUT2D eigenvalue weighted by atomic mass is 10.00. The van der Waals surface area contributed by atoms with Gasteiger partial charge in [0.05, 0.1) is 17.0 Å². The van der Waals surface area contributed by atoms with Gasteiger partial charge < -0.3 is 10.2 Å². The maximum absolute atomic E-state index is 8.16. The largest absolute Gasteiger partial charge is 0.470 e. The molecule has 0 fully saturated rings. The third-order valence-electron chi connectivity index (χ3n) is 3.24. The van der Waals surface area contributed by atoms with Crippen LogP contribution in [0.15, 0.2) is 71.5 Å². The van der Waals surface area contributed by atoms with Crippen molar-refractivity contribution in [3.63, 3.8) is 0 Å². The molecule has 3 aromatic rings. The van der Waals surface area contributed by atoms with E-state index in [1.54, 1.807) is 0 Å². The van der Waals surface area contributed by atoms with E-state index < -0.39 is 0 Å². The van der Waals surface area contributed by atoms with E-state index in [-0.39, 0.29) is 0 Å². The number of anilines is 1. The summed E-state index contributed by atoms with van der Waals surface area (Å²) in [6.07, 6.45) is 2.95. The molecule has 98 valence electrons. The summed E-state index contributed by atoms with van der Waals surface area (Å²) in [6, 6.07) is 18.0. The first-order valence-electron chi connectivity index (χ1n) is 6.32. The number of nitrogen functional groups attached to an aromatic ring is 1. The van der Waals surface area contributed by atoms with Crippen molar-refractivity contribution >= 4 is 11.4 Å². The molecule has 3 rings (SSSR count). The lowest BCUT2D eigenvalue weighted by Crippen LogP contribution is -2.02. The highest BCUT2D eigenvalue weighted by atomic mass is 16.3. The summed E-state index contributed by atoms with van der Waals surface area (Å²) in [5, 5.41) is 8.16. The van der Waals surface area contributed by atoms with Crippen molar-refractivity contribution in [1.82, 2.24) is 0 Å². The van der Waals surface area contributed by atoms with Gasteiger partial charge in [0.1, 0.15) is 12.5 Å². The van der Waals surface area contributed by atoms with Crippen LogP contribution in [0.5, 0.6) is 0 Å². The Morgan fingerprint density at radius 1 is 0.850 bits per heavy atom. The SMILES string of the molecule is N=C(c1ccc(-c2ccccc2)cc1)c1cocc1N. The predicted octanol–water partition coefficient (Wildman–Crippen LogP) is 3.94. The molecule has 0 bridgehead atoms. The van der Waals surface area contributed by atoms with E-state index in [9.17, 15) is 0 Å². The van der Waals surface area contributed by atoms with Gasteiger partial charge in [0.2, 0.25) is 0 Å².